The van der Waals surface area contributed by atoms with Crippen LogP contribution in [0, 0.1) is 11.8 Å². The summed E-state index contributed by atoms with van der Waals surface area (Å²) >= 11 is 7.56. The van der Waals surface area contributed by atoms with E-state index in [1.807, 2.05) is 30.3 Å². The molecule has 48 heavy (non-hydrogen) atoms. The van der Waals surface area contributed by atoms with E-state index in [2.05, 4.69) is 59.0 Å². The summed E-state index contributed by atoms with van der Waals surface area (Å²) in [5.74, 6) is 2.56. The van der Waals surface area contributed by atoms with Crippen LogP contribution in [0.5, 0.6) is 5.75 Å². The summed E-state index contributed by atoms with van der Waals surface area (Å²) in [6.07, 6.45) is 13.2. The van der Waals surface area contributed by atoms with Crippen LogP contribution in [0.25, 0.3) is 0 Å². The summed E-state index contributed by atoms with van der Waals surface area (Å²) in [7, 11) is 3.55. The third-order valence-electron chi connectivity index (χ3n) is 8.37. The van der Waals surface area contributed by atoms with Crippen molar-refractivity contribution < 1.29 is 14.3 Å². The van der Waals surface area contributed by atoms with Crippen LogP contribution in [0.15, 0.2) is 60.8 Å². The monoisotopic (exact) mass is 696 g/mol. The number of benzene rings is 2. The van der Waals surface area contributed by atoms with E-state index in [0.717, 1.165) is 80.2 Å². The summed E-state index contributed by atoms with van der Waals surface area (Å²) in [4.78, 5) is 26.8. The molecular formula is C37H53ClN6O3S. The number of carbonyl (C=O) groups is 2. The van der Waals surface area contributed by atoms with Gasteiger partial charge in [-0.1, -0.05) is 56.2 Å². The Morgan fingerprint density at radius 1 is 1.15 bits per heavy atom. The third-order valence-corrected chi connectivity index (χ3v) is 9.67. The number of hydrogen-bond donors (Lipinski definition) is 3. The molecular weight excluding hydrogens is 644 g/mol. The summed E-state index contributed by atoms with van der Waals surface area (Å²) in [5, 5.41) is 7.96. The minimum atomic E-state index is -0.441. The topological polar surface area (TPSA) is 115 Å². The van der Waals surface area contributed by atoms with Crippen LogP contribution in [0.3, 0.4) is 0 Å². The van der Waals surface area contributed by atoms with Gasteiger partial charge in [0.1, 0.15) is 11.3 Å². The van der Waals surface area contributed by atoms with Crippen LogP contribution in [0.2, 0.25) is 5.02 Å². The van der Waals surface area contributed by atoms with E-state index in [9.17, 15) is 9.59 Å². The molecule has 0 aliphatic heterocycles. The second kappa shape index (κ2) is 20.7. The van der Waals surface area contributed by atoms with Gasteiger partial charge >= 0.3 is 0 Å². The standard InChI is InChI=1S/C37H53ClN6O3S/c1-6-28(14-9-8-13-27(3)26-48-42-37(46)32-25-43(5)41-36(32)40-4)20-21-44(7-2)33-24-30(35(39)45)18-19-34(33)47-22-11-10-15-29-16-12-17-31(38)23-29/h8-9,12,16-19,23-25,27-28H,6-7,10-11,13-15,20-22,26H2,1-5H3,(H2,39,45)(H,40,41)(H,42,46)/b9-8+/t27-,28-/m0/s1. The maximum absolute atomic E-state index is 12.5. The average Bonchev–Trinajstić information content (AvgIpc) is 3.46. The smallest absolute Gasteiger partial charge is 0.266 e. The summed E-state index contributed by atoms with van der Waals surface area (Å²) < 4.78 is 10.8. The number of primary amides is 1. The highest BCUT2D eigenvalue weighted by Gasteiger charge is 2.17. The SMILES string of the molecule is CC[C@@H](C/C=C/C[C@H](C)CSNC(=O)c1cn(C)nc1NC)CCN(CC)c1cc(C(N)=O)ccc1OCCCCc1cccc(Cl)c1. The summed E-state index contributed by atoms with van der Waals surface area (Å²) in [6.45, 7) is 8.81. The molecule has 1 heterocycles. The highest BCUT2D eigenvalue weighted by molar-refractivity contribution is 7.97. The van der Waals surface area contributed by atoms with Gasteiger partial charge in [0.15, 0.2) is 5.82 Å². The number of nitrogens with zero attached hydrogens (tertiary/aromatic N) is 3. The summed E-state index contributed by atoms with van der Waals surface area (Å²) in [6, 6.07) is 13.5. The van der Waals surface area contributed by atoms with Crippen molar-refractivity contribution in [1.82, 2.24) is 14.5 Å². The second-order valence-electron chi connectivity index (χ2n) is 12.2. The van der Waals surface area contributed by atoms with Gasteiger partial charge in [0.05, 0.1) is 12.3 Å². The first-order chi connectivity index (χ1) is 23.1. The largest absolute Gasteiger partial charge is 0.491 e. The number of nitrogens with two attached hydrogens (primary N) is 1. The molecule has 2 aromatic carbocycles. The molecule has 0 aliphatic carbocycles. The van der Waals surface area contributed by atoms with E-state index in [0.29, 0.717) is 35.4 Å². The van der Waals surface area contributed by atoms with Crippen molar-refractivity contribution in [2.24, 2.45) is 24.6 Å². The molecule has 11 heteroatoms. The predicted octanol–water partition coefficient (Wildman–Crippen LogP) is 7.91. The lowest BCUT2D eigenvalue weighted by atomic mass is 9.97. The number of anilines is 2. The number of hydrogen-bond acceptors (Lipinski definition) is 7. The Hall–Kier alpha value is -3.63. The van der Waals surface area contributed by atoms with E-state index in [4.69, 9.17) is 22.1 Å². The van der Waals surface area contributed by atoms with Gasteiger partial charge in [0, 0.05) is 49.7 Å². The maximum Gasteiger partial charge on any atom is 0.266 e. The van der Waals surface area contributed by atoms with Gasteiger partial charge in [-0.25, -0.2) is 0 Å². The Morgan fingerprint density at radius 3 is 2.65 bits per heavy atom. The van der Waals surface area contributed by atoms with Crippen LogP contribution in [-0.4, -0.2) is 54.1 Å². The van der Waals surface area contributed by atoms with Crippen molar-refractivity contribution in [3.63, 3.8) is 0 Å². The summed E-state index contributed by atoms with van der Waals surface area (Å²) in [5.41, 5.74) is 8.81. The molecule has 0 aliphatic rings. The van der Waals surface area contributed by atoms with Gasteiger partial charge in [-0.15, -0.1) is 0 Å². The molecule has 0 saturated heterocycles. The van der Waals surface area contributed by atoms with Gasteiger partial charge in [-0.2, -0.15) is 5.10 Å². The van der Waals surface area contributed by atoms with Crippen LogP contribution in [-0.2, 0) is 13.5 Å². The zero-order valence-electron chi connectivity index (χ0n) is 29.1. The predicted molar refractivity (Wildman–Crippen MR) is 201 cm³/mol. The van der Waals surface area contributed by atoms with E-state index in [-0.39, 0.29) is 5.91 Å². The van der Waals surface area contributed by atoms with E-state index in [1.165, 1.54) is 17.5 Å². The van der Waals surface area contributed by atoms with Crippen molar-refractivity contribution in [2.75, 3.05) is 42.7 Å². The molecule has 3 rings (SSSR count). The Kier molecular flexibility index (Phi) is 16.7. The maximum atomic E-state index is 12.5. The number of halogens is 1. The lowest BCUT2D eigenvalue weighted by molar-refractivity contribution is 0.0981. The van der Waals surface area contributed by atoms with Crippen LogP contribution < -0.4 is 25.4 Å². The lowest BCUT2D eigenvalue weighted by Crippen LogP contribution is -2.27. The van der Waals surface area contributed by atoms with E-state index < -0.39 is 5.91 Å². The molecule has 0 fully saturated rings. The van der Waals surface area contributed by atoms with Gasteiger partial charge in [0.25, 0.3) is 5.91 Å². The lowest BCUT2D eigenvalue weighted by Gasteiger charge is -2.27. The highest BCUT2D eigenvalue weighted by atomic mass is 35.5. The first-order valence-corrected chi connectivity index (χ1v) is 18.4. The fourth-order valence-electron chi connectivity index (χ4n) is 5.45. The van der Waals surface area contributed by atoms with Crippen LogP contribution in [0.4, 0.5) is 11.5 Å². The molecule has 0 spiro atoms. The fourth-order valence-corrected chi connectivity index (χ4v) is 6.41. The molecule has 262 valence electrons. The normalized spacial score (nSPS) is 12.5. The zero-order chi connectivity index (χ0) is 34.9. The van der Waals surface area contributed by atoms with Crippen LogP contribution >= 0.6 is 23.5 Å². The van der Waals surface area contributed by atoms with Gasteiger partial charge < -0.3 is 20.7 Å². The Labute approximate surface area is 296 Å². The number of unbranched alkanes of at least 4 members (excludes halogenated alkanes) is 1. The number of rotatable bonds is 22. The highest BCUT2D eigenvalue weighted by Crippen LogP contribution is 2.31. The Morgan fingerprint density at radius 2 is 1.94 bits per heavy atom. The molecule has 9 nitrogen and oxygen atoms in total. The Bertz CT molecular complexity index is 1480. The first kappa shape index (κ1) is 38.8. The first-order valence-electron chi connectivity index (χ1n) is 17.0. The average molecular weight is 697 g/mol. The fraction of sp³-hybridized carbons (Fsp3) is 0.486. The van der Waals surface area contributed by atoms with E-state index >= 15 is 0 Å². The van der Waals surface area contributed by atoms with E-state index in [1.54, 1.807) is 31.0 Å². The number of nitrogens with one attached hydrogen (secondary N) is 2. The number of aromatic nitrogens is 2. The van der Waals surface area contributed by atoms with Gasteiger partial charge in [-0.05, 0) is 105 Å². The van der Waals surface area contributed by atoms with Crippen LogP contribution in [0.1, 0.15) is 85.6 Å². The van der Waals surface area contributed by atoms with Crippen molar-refractivity contribution in [3.8, 4) is 5.75 Å². The third kappa shape index (κ3) is 12.8. The number of carbonyl (C=O) groups excluding carboxylic acids is 2. The van der Waals surface area contributed by atoms with Gasteiger partial charge in [-0.3, -0.25) is 19.0 Å². The molecule has 4 N–H and O–H groups in total. The molecule has 0 saturated carbocycles. The number of aryl methyl sites for hydroxylation is 2. The number of allylic oxidation sites excluding steroid dienone is 2. The molecule has 0 radical (unpaired) electrons. The molecule has 1 aromatic heterocycles. The molecule has 2 amide bonds. The van der Waals surface area contributed by atoms with Gasteiger partial charge in [0.2, 0.25) is 5.91 Å². The number of ether oxygens (including phenoxy) is 1. The Balaban J connectivity index is 1.46. The van der Waals surface area contributed by atoms with Crippen molar-refractivity contribution in [3.05, 3.63) is 82.5 Å². The minimum Gasteiger partial charge on any atom is -0.491 e. The molecule has 0 bridgehead atoms. The van der Waals surface area contributed by atoms with Crippen molar-refractivity contribution in [1.29, 1.82) is 0 Å². The minimum absolute atomic E-state index is 0.142. The van der Waals surface area contributed by atoms with Crippen molar-refractivity contribution >= 4 is 46.9 Å². The number of amides is 2. The zero-order valence-corrected chi connectivity index (χ0v) is 30.7. The second-order valence-corrected chi connectivity index (χ2v) is 13.5. The van der Waals surface area contributed by atoms with Crippen molar-refractivity contribution in [2.45, 2.75) is 65.7 Å². The molecule has 0 unspecified atom stereocenters. The molecule has 3 aromatic rings. The molecule has 2 atom stereocenters. The quantitative estimate of drug-likeness (QED) is 0.0556.